The van der Waals surface area contributed by atoms with Gasteiger partial charge in [-0.15, -0.1) is 0 Å². The van der Waals surface area contributed by atoms with Crippen molar-refractivity contribution in [3.05, 3.63) is 29.8 Å². The van der Waals surface area contributed by atoms with Crippen LogP contribution in [0.5, 0.6) is 0 Å². The smallest absolute Gasteiger partial charge is 0.243 e. The van der Waals surface area contributed by atoms with Crippen LogP contribution >= 0.6 is 0 Å². The summed E-state index contributed by atoms with van der Waals surface area (Å²) in [5, 5.41) is 0. The molecule has 1 aliphatic carbocycles. The maximum absolute atomic E-state index is 12.8. The monoisotopic (exact) mass is 448 g/mol. The lowest BCUT2D eigenvalue weighted by Gasteiger charge is -2.39. The van der Waals surface area contributed by atoms with Crippen molar-refractivity contribution in [2.45, 2.75) is 31.1 Å². The number of amides is 2. The average molecular weight is 449 g/mol. The van der Waals surface area contributed by atoms with Gasteiger partial charge in [-0.1, -0.05) is 24.1 Å². The third-order valence-corrected chi connectivity index (χ3v) is 8.66. The highest BCUT2D eigenvalue weighted by atomic mass is 32.2. The lowest BCUT2D eigenvalue weighted by molar-refractivity contribution is -0.144. The Hall–Kier alpha value is -1.97. The number of rotatable bonds is 5. The molecule has 0 bridgehead atoms. The third-order valence-electron chi connectivity index (χ3n) is 6.75. The number of carbonyl (C=O) groups is 2. The number of hydrogen-bond donors (Lipinski definition) is 0. The molecule has 0 spiro atoms. The molecule has 3 fully saturated rings. The number of aryl methyl sites for hydroxylation is 1. The molecule has 9 heteroatoms. The van der Waals surface area contributed by atoms with Crippen LogP contribution in [0.15, 0.2) is 29.2 Å². The Morgan fingerprint density at radius 2 is 1.45 bits per heavy atom. The summed E-state index contributed by atoms with van der Waals surface area (Å²) in [6.07, 6.45) is 3.15. The minimum absolute atomic E-state index is 0.0607. The molecule has 0 unspecified atom stereocenters. The number of hydrogen-bond acceptors (Lipinski definition) is 5. The Morgan fingerprint density at radius 3 is 2.00 bits per heavy atom. The second kappa shape index (κ2) is 9.26. The predicted molar refractivity (Wildman–Crippen MR) is 117 cm³/mol. The zero-order chi connectivity index (χ0) is 22.0. The predicted octanol–water partition coefficient (Wildman–Crippen LogP) is 0.772. The number of piperazine rings is 2. The third kappa shape index (κ3) is 4.94. The maximum Gasteiger partial charge on any atom is 0.243 e. The van der Waals surface area contributed by atoms with Gasteiger partial charge in [0.1, 0.15) is 0 Å². The van der Waals surface area contributed by atoms with Crippen LogP contribution in [0.3, 0.4) is 0 Å². The topological polar surface area (TPSA) is 81.2 Å². The van der Waals surface area contributed by atoms with E-state index in [1.165, 1.54) is 4.31 Å². The van der Waals surface area contributed by atoms with Crippen molar-refractivity contribution in [2.24, 2.45) is 5.92 Å². The van der Waals surface area contributed by atoms with Gasteiger partial charge in [0.15, 0.2) is 0 Å². The van der Waals surface area contributed by atoms with Crippen LogP contribution in [0, 0.1) is 12.8 Å². The number of sulfonamides is 1. The van der Waals surface area contributed by atoms with Crippen molar-refractivity contribution in [1.29, 1.82) is 0 Å². The van der Waals surface area contributed by atoms with E-state index < -0.39 is 10.0 Å². The van der Waals surface area contributed by atoms with Crippen LogP contribution in [0.25, 0.3) is 0 Å². The van der Waals surface area contributed by atoms with E-state index in [9.17, 15) is 18.0 Å². The van der Waals surface area contributed by atoms with Crippen molar-refractivity contribution >= 4 is 21.8 Å². The van der Waals surface area contributed by atoms with Gasteiger partial charge < -0.3 is 9.80 Å². The molecule has 8 nitrogen and oxygen atoms in total. The maximum atomic E-state index is 12.8. The Labute approximate surface area is 184 Å². The SMILES string of the molecule is Cc1ccc(S(=O)(=O)N2CCN(CC(=O)N3CCN(C(=O)C4CCC4)CC3)CC2)cc1. The molecule has 3 aliphatic rings. The van der Waals surface area contributed by atoms with E-state index in [0.29, 0.717) is 63.8 Å². The van der Waals surface area contributed by atoms with Crippen LogP contribution in [0.1, 0.15) is 24.8 Å². The van der Waals surface area contributed by atoms with E-state index in [1.54, 1.807) is 24.3 Å². The van der Waals surface area contributed by atoms with E-state index >= 15 is 0 Å². The summed E-state index contributed by atoms with van der Waals surface area (Å²) < 4.78 is 27.2. The molecule has 0 radical (unpaired) electrons. The van der Waals surface area contributed by atoms with Gasteiger partial charge in [-0.25, -0.2) is 8.42 Å². The molecule has 4 rings (SSSR count). The zero-order valence-electron chi connectivity index (χ0n) is 18.2. The Morgan fingerprint density at radius 1 is 0.871 bits per heavy atom. The highest BCUT2D eigenvalue weighted by molar-refractivity contribution is 7.89. The van der Waals surface area contributed by atoms with Gasteiger partial charge in [-0.3, -0.25) is 14.5 Å². The summed E-state index contributed by atoms with van der Waals surface area (Å²) in [6, 6.07) is 6.91. The minimum atomic E-state index is -3.50. The lowest BCUT2D eigenvalue weighted by atomic mass is 9.84. The second-order valence-electron chi connectivity index (χ2n) is 8.83. The normalized spacial score (nSPS) is 21.7. The number of carbonyl (C=O) groups excluding carboxylic acids is 2. The molecule has 2 amide bonds. The average Bonchev–Trinajstić information content (AvgIpc) is 2.73. The van der Waals surface area contributed by atoms with Gasteiger partial charge in [-0.05, 0) is 31.9 Å². The van der Waals surface area contributed by atoms with Crippen molar-refractivity contribution in [3.63, 3.8) is 0 Å². The fraction of sp³-hybridized carbons (Fsp3) is 0.636. The van der Waals surface area contributed by atoms with Gasteiger partial charge in [0, 0.05) is 58.3 Å². The van der Waals surface area contributed by atoms with E-state index in [-0.39, 0.29) is 17.7 Å². The summed E-state index contributed by atoms with van der Waals surface area (Å²) >= 11 is 0. The Kier molecular flexibility index (Phi) is 6.64. The lowest BCUT2D eigenvalue weighted by Crippen LogP contribution is -2.55. The summed E-state index contributed by atoms with van der Waals surface area (Å²) in [7, 11) is -3.50. The molecule has 31 heavy (non-hydrogen) atoms. The van der Waals surface area contributed by atoms with E-state index in [1.807, 2.05) is 21.6 Å². The molecule has 2 heterocycles. The van der Waals surface area contributed by atoms with E-state index in [4.69, 9.17) is 0 Å². The highest BCUT2D eigenvalue weighted by Gasteiger charge is 2.33. The molecular formula is C22H32N4O4S. The van der Waals surface area contributed by atoms with Crippen molar-refractivity contribution in [1.82, 2.24) is 19.0 Å². The molecule has 2 saturated heterocycles. The molecule has 170 valence electrons. The quantitative estimate of drug-likeness (QED) is 0.665. The fourth-order valence-corrected chi connectivity index (χ4v) is 5.79. The molecule has 1 aromatic rings. The molecule has 1 saturated carbocycles. The number of benzene rings is 1. The molecule has 1 aromatic carbocycles. The van der Waals surface area contributed by atoms with Crippen LogP contribution in [-0.2, 0) is 19.6 Å². The van der Waals surface area contributed by atoms with E-state index in [2.05, 4.69) is 0 Å². The molecule has 2 aliphatic heterocycles. The van der Waals surface area contributed by atoms with Gasteiger partial charge in [0.2, 0.25) is 21.8 Å². The summed E-state index contributed by atoms with van der Waals surface area (Å²) in [5.41, 5.74) is 1.02. The fourth-order valence-electron chi connectivity index (χ4n) is 4.37. The molecule has 0 atom stereocenters. The standard InChI is InChI=1S/C22H32N4O4S/c1-18-5-7-20(8-6-18)31(29,30)26-15-9-23(10-16-26)17-21(27)24-11-13-25(14-12-24)22(28)19-3-2-4-19/h5-8,19H,2-4,9-17H2,1H3. The van der Waals surface area contributed by atoms with Gasteiger partial charge >= 0.3 is 0 Å². The minimum Gasteiger partial charge on any atom is -0.339 e. The van der Waals surface area contributed by atoms with Crippen LogP contribution in [-0.4, -0.2) is 98.1 Å². The first-order valence-corrected chi connectivity index (χ1v) is 12.6. The van der Waals surface area contributed by atoms with Gasteiger partial charge in [-0.2, -0.15) is 4.31 Å². The molecule has 0 N–H and O–H groups in total. The van der Waals surface area contributed by atoms with Crippen LogP contribution in [0.2, 0.25) is 0 Å². The van der Waals surface area contributed by atoms with Crippen LogP contribution < -0.4 is 0 Å². The summed E-state index contributed by atoms with van der Waals surface area (Å²) in [4.78, 5) is 31.2. The van der Waals surface area contributed by atoms with Crippen molar-refractivity contribution < 1.29 is 18.0 Å². The highest BCUT2D eigenvalue weighted by Crippen LogP contribution is 2.28. The summed E-state index contributed by atoms with van der Waals surface area (Å²) in [5.74, 6) is 0.518. The van der Waals surface area contributed by atoms with Crippen molar-refractivity contribution in [3.8, 4) is 0 Å². The van der Waals surface area contributed by atoms with E-state index in [0.717, 1.165) is 24.8 Å². The largest absolute Gasteiger partial charge is 0.339 e. The molecular weight excluding hydrogens is 416 g/mol. The second-order valence-corrected chi connectivity index (χ2v) is 10.8. The summed E-state index contributed by atoms with van der Waals surface area (Å²) in [6.45, 7) is 6.47. The number of nitrogens with zero attached hydrogens (tertiary/aromatic N) is 4. The zero-order valence-corrected chi connectivity index (χ0v) is 19.0. The first kappa shape index (κ1) is 22.2. The first-order chi connectivity index (χ1) is 14.8. The van der Waals surface area contributed by atoms with Crippen molar-refractivity contribution in [2.75, 3.05) is 58.9 Å². The first-order valence-electron chi connectivity index (χ1n) is 11.2. The van der Waals surface area contributed by atoms with Gasteiger partial charge in [0.05, 0.1) is 11.4 Å². The Balaban J connectivity index is 1.23. The van der Waals surface area contributed by atoms with Crippen LogP contribution in [0.4, 0.5) is 0 Å². The Bertz CT molecular complexity index is 898. The van der Waals surface area contributed by atoms with Gasteiger partial charge in [0.25, 0.3) is 0 Å². The molecule has 0 aromatic heterocycles.